The topological polar surface area (TPSA) is 77.7 Å². The van der Waals surface area contributed by atoms with Crippen molar-refractivity contribution in [2.75, 3.05) is 13.3 Å². The van der Waals surface area contributed by atoms with E-state index in [4.69, 9.17) is 14.0 Å². The zero-order chi connectivity index (χ0) is 17.2. The number of aromatic nitrogens is 2. The van der Waals surface area contributed by atoms with Gasteiger partial charge in [0.05, 0.1) is 12.5 Å². The van der Waals surface area contributed by atoms with Crippen molar-refractivity contribution in [3.63, 3.8) is 0 Å². The highest BCUT2D eigenvalue weighted by Gasteiger charge is 2.30. The summed E-state index contributed by atoms with van der Waals surface area (Å²) in [6.45, 7) is 2.73. The molecule has 0 unspecified atom stereocenters. The van der Waals surface area contributed by atoms with Crippen LogP contribution in [-0.2, 0) is 11.2 Å². The standard InChI is InChI=1S/C18H21N3O4/c1-12-19-18(20-25-12)14-5-3-2-4-8-21(14)17(22)10-13-6-7-15-16(9-13)24-11-23-15/h6-7,9,14H,2-5,8,10-11H2,1H3/t14-/m1/s1. The van der Waals surface area contributed by atoms with Gasteiger partial charge in [-0.15, -0.1) is 0 Å². The molecule has 7 nitrogen and oxygen atoms in total. The smallest absolute Gasteiger partial charge is 0.231 e. The third kappa shape index (κ3) is 3.31. The Morgan fingerprint density at radius 3 is 2.96 bits per heavy atom. The molecule has 2 aliphatic rings. The van der Waals surface area contributed by atoms with Crippen LogP contribution < -0.4 is 9.47 Å². The van der Waals surface area contributed by atoms with E-state index in [0.717, 1.165) is 43.5 Å². The molecule has 1 aromatic heterocycles. The molecule has 4 rings (SSSR count). The van der Waals surface area contributed by atoms with Crippen LogP contribution in [-0.4, -0.2) is 34.3 Å². The second-order valence-electron chi connectivity index (χ2n) is 6.49. The Balaban J connectivity index is 1.53. The average Bonchev–Trinajstić information content (AvgIpc) is 3.16. The summed E-state index contributed by atoms with van der Waals surface area (Å²) in [4.78, 5) is 19.2. The number of benzene rings is 1. The zero-order valence-electron chi connectivity index (χ0n) is 14.2. The predicted octanol–water partition coefficient (Wildman–Crippen LogP) is 2.79. The summed E-state index contributed by atoms with van der Waals surface area (Å²) >= 11 is 0. The van der Waals surface area contributed by atoms with E-state index in [9.17, 15) is 4.79 Å². The van der Waals surface area contributed by atoms with E-state index in [1.807, 2.05) is 23.1 Å². The predicted molar refractivity (Wildman–Crippen MR) is 88.2 cm³/mol. The van der Waals surface area contributed by atoms with Gasteiger partial charge >= 0.3 is 0 Å². The van der Waals surface area contributed by atoms with Crippen molar-refractivity contribution in [2.24, 2.45) is 0 Å². The Morgan fingerprint density at radius 2 is 2.12 bits per heavy atom. The Labute approximate surface area is 145 Å². The maximum Gasteiger partial charge on any atom is 0.231 e. The van der Waals surface area contributed by atoms with Crippen LogP contribution in [0.2, 0.25) is 0 Å². The molecule has 1 amide bonds. The quantitative estimate of drug-likeness (QED) is 0.853. The second-order valence-corrected chi connectivity index (χ2v) is 6.49. The zero-order valence-corrected chi connectivity index (χ0v) is 14.2. The number of aryl methyl sites for hydroxylation is 1. The molecule has 7 heteroatoms. The van der Waals surface area contributed by atoms with Gasteiger partial charge in [0.2, 0.25) is 18.6 Å². The molecule has 0 N–H and O–H groups in total. The maximum absolute atomic E-state index is 13.0. The number of likely N-dealkylation sites (tertiary alicyclic amines) is 1. The fourth-order valence-electron chi connectivity index (χ4n) is 3.45. The highest BCUT2D eigenvalue weighted by Crippen LogP contribution is 2.33. The first kappa shape index (κ1) is 15.9. The number of hydrogen-bond acceptors (Lipinski definition) is 6. The van der Waals surface area contributed by atoms with Gasteiger partial charge in [-0.05, 0) is 30.5 Å². The third-order valence-electron chi connectivity index (χ3n) is 4.71. The van der Waals surface area contributed by atoms with Crippen LogP contribution in [0.25, 0.3) is 0 Å². The minimum atomic E-state index is -0.110. The average molecular weight is 343 g/mol. The number of carbonyl (C=O) groups is 1. The van der Waals surface area contributed by atoms with Crippen LogP contribution in [0.1, 0.15) is 49.0 Å². The number of hydrogen-bond donors (Lipinski definition) is 0. The number of carbonyl (C=O) groups excluding carboxylic acids is 1. The van der Waals surface area contributed by atoms with E-state index in [2.05, 4.69) is 10.1 Å². The normalized spacial score (nSPS) is 19.7. The summed E-state index contributed by atoms with van der Waals surface area (Å²) in [5, 5.41) is 4.05. The van der Waals surface area contributed by atoms with Crippen molar-refractivity contribution < 1.29 is 18.8 Å². The second kappa shape index (κ2) is 6.74. The molecule has 132 valence electrons. The Morgan fingerprint density at radius 1 is 1.24 bits per heavy atom. The van der Waals surface area contributed by atoms with E-state index >= 15 is 0 Å². The lowest BCUT2D eigenvalue weighted by Gasteiger charge is -2.28. The van der Waals surface area contributed by atoms with Gasteiger partial charge in [-0.25, -0.2) is 0 Å². The molecule has 0 spiro atoms. The van der Waals surface area contributed by atoms with E-state index < -0.39 is 0 Å². The monoisotopic (exact) mass is 343 g/mol. The van der Waals surface area contributed by atoms with E-state index in [1.165, 1.54) is 0 Å². The number of amides is 1. The summed E-state index contributed by atoms with van der Waals surface area (Å²) in [7, 11) is 0. The first-order valence-electron chi connectivity index (χ1n) is 8.69. The first-order chi connectivity index (χ1) is 12.2. The van der Waals surface area contributed by atoms with Crippen LogP contribution in [0.3, 0.4) is 0 Å². The lowest BCUT2D eigenvalue weighted by atomic mass is 10.1. The van der Waals surface area contributed by atoms with Crippen LogP contribution >= 0.6 is 0 Å². The first-order valence-corrected chi connectivity index (χ1v) is 8.69. The fourth-order valence-corrected chi connectivity index (χ4v) is 3.45. The SMILES string of the molecule is Cc1nc([C@H]2CCCCCN2C(=O)Cc2ccc3c(c2)OCO3)no1. The Bertz CT molecular complexity index is 773. The molecule has 3 heterocycles. The molecule has 1 fully saturated rings. The van der Waals surface area contributed by atoms with Crippen LogP contribution in [0.15, 0.2) is 22.7 Å². The molecule has 2 aromatic rings. The van der Waals surface area contributed by atoms with Gasteiger partial charge in [0.25, 0.3) is 0 Å². The van der Waals surface area contributed by atoms with Gasteiger partial charge < -0.3 is 18.9 Å². The highest BCUT2D eigenvalue weighted by molar-refractivity contribution is 5.79. The van der Waals surface area contributed by atoms with Crippen molar-refractivity contribution >= 4 is 5.91 Å². The third-order valence-corrected chi connectivity index (χ3v) is 4.71. The molecule has 1 aromatic carbocycles. The largest absolute Gasteiger partial charge is 0.454 e. The fraction of sp³-hybridized carbons (Fsp3) is 0.500. The molecule has 0 saturated carbocycles. The molecule has 25 heavy (non-hydrogen) atoms. The van der Waals surface area contributed by atoms with Gasteiger partial charge in [-0.1, -0.05) is 24.1 Å². The highest BCUT2D eigenvalue weighted by atomic mass is 16.7. The van der Waals surface area contributed by atoms with Crippen molar-refractivity contribution in [3.8, 4) is 11.5 Å². The van der Waals surface area contributed by atoms with Crippen molar-refractivity contribution in [1.82, 2.24) is 15.0 Å². The Kier molecular flexibility index (Phi) is 4.29. The van der Waals surface area contributed by atoms with Crippen molar-refractivity contribution in [2.45, 2.75) is 45.1 Å². The molecule has 2 aliphatic heterocycles. The lowest BCUT2D eigenvalue weighted by molar-refractivity contribution is -0.133. The van der Waals surface area contributed by atoms with Gasteiger partial charge in [0.15, 0.2) is 17.3 Å². The summed E-state index contributed by atoms with van der Waals surface area (Å²) < 4.78 is 15.8. The maximum atomic E-state index is 13.0. The molecule has 0 radical (unpaired) electrons. The van der Waals surface area contributed by atoms with Crippen molar-refractivity contribution in [1.29, 1.82) is 0 Å². The summed E-state index contributed by atoms with van der Waals surface area (Å²) in [5.41, 5.74) is 0.918. The molecular weight excluding hydrogens is 322 g/mol. The van der Waals surface area contributed by atoms with Crippen molar-refractivity contribution in [3.05, 3.63) is 35.5 Å². The lowest BCUT2D eigenvalue weighted by Crippen LogP contribution is -2.36. The summed E-state index contributed by atoms with van der Waals surface area (Å²) in [6.07, 6.45) is 4.36. The van der Waals surface area contributed by atoms with Crippen LogP contribution in [0.5, 0.6) is 11.5 Å². The molecule has 0 aliphatic carbocycles. The minimum Gasteiger partial charge on any atom is -0.454 e. The molecule has 1 saturated heterocycles. The molecule has 1 atom stereocenters. The molecular formula is C18H21N3O4. The number of rotatable bonds is 3. The van der Waals surface area contributed by atoms with Gasteiger partial charge in [-0.3, -0.25) is 4.79 Å². The molecule has 0 bridgehead atoms. The van der Waals surface area contributed by atoms with E-state index in [0.29, 0.717) is 23.9 Å². The van der Waals surface area contributed by atoms with Gasteiger partial charge in [0, 0.05) is 13.5 Å². The Hall–Kier alpha value is -2.57. The number of fused-ring (bicyclic) bond motifs is 1. The summed E-state index contributed by atoms with van der Waals surface area (Å²) in [5.74, 6) is 2.65. The summed E-state index contributed by atoms with van der Waals surface area (Å²) in [6, 6.07) is 5.54. The minimum absolute atomic E-state index is 0.0771. The van der Waals surface area contributed by atoms with Gasteiger partial charge in [0.1, 0.15) is 0 Å². The van der Waals surface area contributed by atoms with E-state index in [-0.39, 0.29) is 18.7 Å². The number of nitrogens with zero attached hydrogens (tertiary/aromatic N) is 3. The van der Waals surface area contributed by atoms with E-state index in [1.54, 1.807) is 6.92 Å². The van der Waals surface area contributed by atoms with Gasteiger partial charge in [-0.2, -0.15) is 4.98 Å². The number of ether oxygens (including phenoxy) is 2. The van der Waals surface area contributed by atoms with Crippen LogP contribution in [0, 0.1) is 6.92 Å². The van der Waals surface area contributed by atoms with Crippen LogP contribution in [0.4, 0.5) is 0 Å².